The van der Waals surface area contributed by atoms with Gasteiger partial charge >= 0.3 is 12.3 Å². The summed E-state index contributed by atoms with van der Waals surface area (Å²) in [5.41, 5.74) is 8.06. The van der Waals surface area contributed by atoms with Crippen LogP contribution in [0.25, 0.3) is 32.9 Å². The Labute approximate surface area is 220 Å². The standard InChI is InChI=1S/C16H10F3N3O2.C9H5BrN2O2/c17-16(18,19)24-11-3-1-9(2-4-11)13-7-21-8-14-12(13)5-10(6-22-14)15(20)23;10-8-6(9(13)14)3-5-1-2-11-4-7(5)12-8/h1-8H,(H2,20,23);1-4H,(H,13,14). The zero-order valence-electron chi connectivity index (χ0n) is 19.0. The zero-order valence-corrected chi connectivity index (χ0v) is 20.6. The van der Waals surface area contributed by atoms with Crippen LogP contribution in [-0.4, -0.2) is 43.3 Å². The van der Waals surface area contributed by atoms with Gasteiger partial charge in [-0.1, -0.05) is 12.1 Å². The summed E-state index contributed by atoms with van der Waals surface area (Å²) in [5.74, 6) is -1.94. The Morgan fingerprint density at radius 2 is 1.66 bits per heavy atom. The number of nitrogens with zero attached hydrogens (tertiary/aromatic N) is 4. The molecule has 0 spiro atoms. The first-order chi connectivity index (χ1) is 18.0. The highest BCUT2D eigenvalue weighted by Gasteiger charge is 2.31. The number of carbonyl (C=O) groups is 2. The number of hydrogen-bond acceptors (Lipinski definition) is 7. The van der Waals surface area contributed by atoms with Crippen LogP contribution in [0.15, 0.2) is 78.1 Å². The molecule has 0 fully saturated rings. The van der Waals surface area contributed by atoms with Crippen molar-refractivity contribution in [2.45, 2.75) is 6.36 Å². The number of carboxylic acid groups (broad SMARTS) is 1. The second-order valence-corrected chi connectivity index (χ2v) is 8.37. The van der Waals surface area contributed by atoms with Gasteiger partial charge in [0.1, 0.15) is 10.4 Å². The lowest BCUT2D eigenvalue weighted by Crippen LogP contribution is -2.16. The number of aromatic carboxylic acids is 1. The molecule has 38 heavy (non-hydrogen) atoms. The molecule has 1 amide bonds. The summed E-state index contributed by atoms with van der Waals surface area (Å²) in [4.78, 5) is 38.2. The molecule has 0 saturated carbocycles. The Hall–Kier alpha value is -4.65. The fourth-order valence-electron chi connectivity index (χ4n) is 3.39. The van der Waals surface area contributed by atoms with Crippen molar-refractivity contribution in [3.05, 3.63) is 89.2 Å². The molecule has 5 aromatic rings. The first kappa shape index (κ1) is 26.4. The van der Waals surface area contributed by atoms with Crippen molar-refractivity contribution in [1.82, 2.24) is 19.9 Å². The van der Waals surface area contributed by atoms with Gasteiger partial charge in [0.25, 0.3) is 0 Å². The summed E-state index contributed by atoms with van der Waals surface area (Å²) in [6.45, 7) is 0. The zero-order chi connectivity index (χ0) is 27.4. The normalized spacial score (nSPS) is 11.1. The highest BCUT2D eigenvalue weighted by molar-refractivity contribution is 9.10. The number of fused-ring (bicyclic) bond motifs is 2. The SMILES string of the molecule is NC(=O)c1cnc2cncc(-c3ccc(OC(F)(F)F)cc3)c2c1.O=C(O)c1cc2ccncc2nc1Br. The third-order valence-electron chi connectivity index (χ3n) is 5.10. The second-order valence-electron chi connectivity index (χ2n) is 7.61. The average molecular weight is 586 g/mol. The maximum Gasteiger partial charge on any atom is 0.573 e. The van der Waals surface area contributed by atoms with E-state index in [1.54, 1.807) is 30.6 Å². The van der Waals surface area contributed by atoms with Gasteiger partial charge in [-0.05, 0) is 51.8 Å². The van der Waals surface area contributed by atoms with Gasteiger partial charge in [0, 0.05) is 34.9 Å². The highest BCUT2D eigenvalue weighted by Crippen LogP contribution is 2.30. The minimum Gasteiger partial charge on any atom is -0.478 e. The maximum atomic E-state index is 12.2. The van der Waals surface area contributed by atoms with Crippen LogP contribution >= 0.6 is 15.9 Å². The van der Waals surface area contributed by atoms with E-state index in [-0.39, 0.29) is 16.9 Å². The number of halogens is 4. The molecule has 0 saturated heterocycles. The van der Waals surface area contributed by atoms with Crippen LogP contribution in [-0.2, 0) is 0 Å². The lowest BCUT2D eigenvalue weighted by Gasteiger charge is -2.10. The number of amides is 1. The van der Waals surface area contributed by atoms with Gasteiger partial charge in [-0.2, -0.15) is 0 Å². The van der Waals surface area contributed by atoms with Gasteiger partial charge in [-0.15, -0.1) is 13.2 Å². The predicted octanol–water partition coefficient (Wildman–Crippen LogP) is 5.38. The highest BCUT2D eigenvalue weighted by atomic mass is 79.9. The van der Waals surface area contributed by atoms with Crippen LogP contribution in [0.3, 0.4) is 0 Å². The number of benzene rings is 1. The Balaban J connectivity index is 0.000000204. The smallest absolute Gasteiger partial charge is 0.478 e. The average Bonchev–Trinajstić information content (AvgIpc) is 2.87. The number of primary amides is 1. The summed E-state index contributed by atoms with van der Waals surface area (Å²) < 4.78 is 40.8. The molecule has 0 atom stereocenters. The molecular formula is C25H15BrF3N5O4. The monoisotopic (exact) mass is 585 g/mol. The quantitative estimate of drug-likeness (QED) is 0.267. The number of alkyl halides is 3. The summed E-state index contributed by atoms with van der Waals surface area (Å²) in [7, 11) is 0. The molecule has 0 aliphatic rings. The van der Waals surface area contributed by atoms with Crippen molar-refractivity contribution < 1.29 is 32.6 Å². The van der Waals surface area contributed by atoms with Crippen molar-refractivity contribution in [2.24, 2.45) is 5.73 Å². The van der Waals surface area contributed by atoms with Gasteiger partial charge in [-0.25, -0.2) is 9.78 Å². The van der Waals surface area contributed by atoms with Crippen molar-refractivity contribution in [3.8, 4) is 16.9 Å². The van der Waals surface area contributed by atoms with Crippen LogP contribution < -0.4 is 10.5 Å². The van der Waals surface area contributed by atoms with Gasteiger partial charge in [0.15, 0.2) is 0 Å². The van der Waals surface area contributed by atoms with Gasteiger partial charge in [-0.3, -0.25) is 19.7 Å². The topological polar surface area (TPSA) is 141 Å². The molecule has 9 nitrogen and oxygen atoms in total. The van der Waals surface area contributed by atoms with E-state index in [0.29, 0.717) is 32.1 Å². The van der Waals surface area contributed by atoms with Crippen LogP contribution in [0.1, 0.15) is 20.7 Å². The molecule has 192 valence electrons. The van der Waals surface area contributed by atoms with E-state index in [2.05, 4.69) is 40.6 Å². The summed E-state index contributed by atoms with van der Waals surface area (Å²) in [6, 6.07) is 10.2. The van der Waals surface area contributed by atoms with Gasteiger partial charge < -0.3 is 15.6 Å². The molecule has 0 unspecified atom stereocenters. The van der Waals surface area contributed by atoms with Crippen molar-refractivity contribution in [1.29, 1.82) is 0 Å². The molecule has 3 N–H and O–H groups in total. The number of rotatable bonds is 4. The molecule has 5 rings (SSSR count). The maximum absolute atomic E-state index is 12.2. The largest absolute Gasteiger partial charge is 0.573 e. The number of carbonyl (C=O) groups excluding carboxylic acids is 1. The summed E-state index contributed by atoms with van der Waals surface area (Å²) in [6.07, 6.45) is 2.84. The Kier molecular flexibility index (Phi) is 7.48. The predicted molar refractivity (Wildman–Crippen MR) is 134 cm³/mol. The fourth-order valence-corrected chi connectivity index (χ4v) is 3.87. The molecule has 13 heteroatoms. The minimum absolute atomic E-state index is 0.156. The third-order valence-corrected chi connectivity index (χ3v) is 5.70. The molecule has 4 heterocycles. The molecular weight excluding hydrogens is 571 g/mol. The Morgan fingerprint density at radius 3 is 2.32 bits per heavy atom. The number of pyridine rings is 4. The molecule has 4 aromatic heterocycles. The van der Waals surface area contributed by atoms with Gasteiger partial charge in [0.2, 0.25) is 5.91 Å². The third kappa shape index (κ3) is 6.18. The van der Waals surface area contributed by atoms with E-state index in [1.807, 2.05) is 0 Å². The number of nitrogens with two attached hydrogens (primary N) is 1. The van der Waals surface area contributed by atoms with E-state index in [1.165, 1.54) is 42.9 Å². The van der Waals surface area contributed by atoms with Crippen LogP contribution in [0, 0.1) is 0 Å². The summed E-state index contributed by atoms with van der Waals surface area (Å²) >= 11 is 3.10. The van der Waals surface area contributed by atoms with Crippen LogP contribution in [0.5, 0.6) is 5.75 Å². The van der Waals surface area contributed by atoms with Gasteiger partial charge in [0.05, 0.1) is 34.6 Å². The molecule has 0 radical (unpaired) electrons. The van der Waals surface area contributed by atoms with E-state index in [9.17, 15) is 22.8 Å². The van der Waals surface area contributed by atoms with Crippen LogP contribution in [0.2, 0.25) is 0 Å². The lowest BCUT2D eigenvalue weighted by atomic mass is 10.0. The fraction of sp³-hybridized carbons (Fsp3) is 0.0400. The van der Waals surface area contributed by atoms with Crippen molar-refractivity contribution >= 4 is 49.6 Å². The number of hydrogen-bond donors (Lipinski definition) is 2. The van der Waals surface area contributed by atoms with E-state index in [0.717, 1.165) is 5.39 Å². The Bertz CT molecular complexity index is 1660. The molecule has 0 aliphatic heterocycles. The van der Waals surface area contributed by atoms with E-state index < -0.39 is 18.2 Å². The minimum atomic E-state index is -4.75. The second kappa shape index (κ2) is 10.8. The Morgan fingerprint density at radius 1 is 0.947 bits per heavy atom. The van der Waals surface area contributed by atoms with E-state index in [4.69, 9.17) is 10.8 Å². The molecule has 0 bridgehead atoms. The lowest BCUT2D eigenvalue weighted by molar-refractivity contribution is -0.274. The number of ether oxygens (including phenoxy) is 1. The first-order valence-electron chi connectivity index (χ1n) is 10.5. The van der Waals surface area contributed by atoms with Crippen LogP contribution in [0.4, 0.5) is 13.2 Å². The number of carboxylic acids is 1. The molecule has 1 aromatic carbocycles. The number of aromatic nitrogens is 4. The van der Waals surface area contributed by atoms with E-state index >= 15 is 0 Å². The summed E-state index contributed by atoms with van der Waals surface area (Å²) in [5, 5.41) is 10.2. The van der Waals surface area contributed by atoms with Crippen molar-refractivity contribution in [2.75, 3.05) is 0 Å². The van der Waals surface area contributed by atoms with Crippen molar-refractivity contribution in [3.63, 3.8) is 0 Å². The molecule has 0 aliphatic carbocycles. The first-order valence-corrected chi connectivity index (χ1v) is 11.3.